The van der Waals surface area contributed by atoms with Crippen molar-refractivity contribution in [3.05, 3.63) is 72.3 Å². The van der Waals surface area contributed by atoms with Crippen LogP contribution in [0.25, 0.3) is 0 Å². The van der Waals surface area contributed by atoms with E-state index in [1.807, 2.05) is 52.0 Å². The lowest BCUT2D eigenvalue weighted by Gasteiger charge is -2.50. The molecule has 3 heterocycles. The summed E-state index contributed by atoms with van der Waals surface area (Å²) in [5.41, 5.74) is 26.5. The molecule has 16 nitrogen and oxygen atoms in total. The molecule has 0 radical (unpaired) electrons. The molecule has 3 aromatic rings. The normalized spacial score (nSPS) is 24.0. The predicted octanol–water partition coefficient (Wildman–Crippen LogP) is 5.03. The quantitative estimate of drug-likeness (QED) is 0.0752. The summed E-state index contributed by atoms with van der Waals surface area (Å²) in [7, 11) is 0. The Bertz CT molecular complexity index is 1900. The number of nitrogens with two attached hydrogens (primary N) is 4. The summed E-state index contributed by atoms with van der Waals surface area (Å²) in [5, 5.41) is 19.8. The van der Waals surface area contributed by atoms with Crippen LogP contribution in [0.4, 0.5) is 34.1 Å². The second-order valence-electron chi connectivity index (χ2n) is 15.4. The van der Waals surface area contributed by atoms with E-state index in [1.54, 1.807) is 42.5 Å². The van der Waals surface area contributed by atoms with Gasteiger partial charge in [-0.3, -0.25) is 24.0 Å². The van der Waals surface area contributed by atoms with Crippen molar-refractivity contribution in [2.45, 2.75) is 77.0 Å². The second kappa shape index (κ2) is 16.2. The maximum atomic E-state index is 12.2. The molecule has 55 heavy (non-hydrogen) atoms. The number of fused-ring (bicyclic) bond motifs is 5. The number of hydrogen-bond acceptors (Lipinski definition) is 16. The van der Waals surface area contributed by atoms with E-state index in [0.29, 0.717) is 47.6 Å². The van der Waals surface area contributed by atoms with E-state index in [1.165, 1.54) is 5.06 Å². The Labute approximate surface area is 318 Å². The maximum absolute atomic E-state index is 12.2. The second-order valence-corrected chi connectivity index (χ2v) is 15.4. The highest BCUT2D eigenvalue weighted by Crippen LogP contribution is 2.50. The fraction of sp³-hybridized carbons (Fsp3) is 0.410. The molecular formula is C39H47N7O9. The smallest absolute Gasteiger partial charge is 0.317 e. The van der Waals surface area contributed by atoms with Crippen molar-refractivity contribution < 1.29 is 43.4 Å². The van der Waals surface area contributed by atoms with Crippen molar-refractivity contribution in [3.63, 3.8) is 0 Å². The highest BCUT2D eigenvalue weighted by atomic mass is 16.6. The first-order valence-corrected chi connectivity index (χ1v) is 17.8. The molecule has 3 aliphatic heterocycles. The summed E-state index contributed by atoms with van der Waals surface area (Å²) in [6, 6.07) is 19.5. The zero-order chi connectivity index (χ0) is 40.2. The van der Waals surface area contributed by atoms with Crippen molar-refractivity contribution in [3.8, 4) is 0 Å². The van der Waals surface area contributed by atoms with Crippen LogP contribution >= 0.6 is 0 Å². The van der Waals surface area contributed by atoms with Gasteiger partial charge >= 0.3 is 29.8 Å². The van der Waals surface area contributed by atoms with Crippen LogP contribution in [-0.2, 0) is 44.6 Å². The van der Waals surface area contributed by atoms with Crippen molar-refractivity contribution >= 4 is 64.0 Å². The number of ether oxygens (including phenoxy) is 3. The first-order valence-electron chi connectivity index (χ1n) is 17.8. The maximum Gasteiger partial charge on any atom is 0.317 e. The lowest BCUT2D eigenvalue weighted by molar-refractivity contribution is -0.259. The number of anilines is 4. The molecule has 1 aliphatic carbocycles. The molecule has 0 amide bonds. The van der Waals surface area contributed by atoms with Crippen LogP contribution in [-0.4, -0.2) is 57.3 Å². The minimum atomic E-state index is -0.694. The van der Waals surface area contributed by atoms with E-state index in [9.17, 15) is 29.2 Å². The first kappa shape index (κ1) is 40.3. The molecule has 0 aromatic heterocycles. The number of benzene rings is 3. The molecule has 4 unspecified atom stereocenters. The topological polar surface area (TPSA) is 265 Å². The Morgan fingerprint density at radius 3 is 1.80 bits per heavy atom. The van der Waals surface area contributed by atoms with Gasteiger partial charge in [-0.1, -0.05) is 6.07 Å². The first-order chi connectivity index (χ1) is 25.8. The third-order valence-electron chi connectivity index (χ3n) is 10.1. The van der Waals surface area contributed by atoms with E-state index in [4.69, 9.17) is 27.7 Å². The number of hydroxylamine groups is 2. The molecule has 2 bridgehead atoms. The van der Waals surface area contributed by atoms with Crippen LogP contribution in [0.1, 0.15) is 58.9 Å². The van der Waals surface area contributed by atoms with Gasteiger partial charge in [0.2, 0.25) is 0 Å². The number of carbonyl (C=O) groups is 5. The zero-order valence-corrected chi connectivity index (χ0v) is 31.1. The summed E-state index contributed by atoms with van der Waals surface area (Å²) in [6.07, 6.45) is 1.36. The fourth-order valence-electron chi connectivity index (χ4n) is 7.55. The number of hydrogen-bond donors (Lipinski definition) is 5. The fourth-order valence-corrected chi connectivity index (χ4v) is 7.55. The Kier molecular flexibility index (Phi) is 11.9. The van der Waals surface area contributed by atoms with Gasteiger partial charge in [0.1, 0.15) is 6.10 Å². The van der Waals surface area contributed by atoms with Gasteiger partial charge < -0.3 is 42.4 Å². The highest BCUT2D eigenvalue weighted by Gasteiger charge is 2.60. The largest absolute Gasteiger partial charge is 0.462 e. The molecular weight excluding hydrogens is 710 g/mol. The number of nitrogen functional groups attached to an aromatic ring is 4. The number of carbonyl (C=O) groups excluding carboxylic acids is 5. The zero-order valence-electron chi connectivity index (χ0n) is 31.1. The summed E-state index contributed by atoms with van der Waals surface area (Å²) < 4.78 is 14.7. The van der Waals surface area contributed by atoms with Crippen molar-refractivity contribution in [1.82, 2.24) is 5.06 Å². The van der Waals surface area contributed by atoms with E-state index in [2.05, 4.69) is 19.7 Å². The van der Waals surface area contributed by atoms with Crippen molar-refractivity contribution in [2.75, 3.05) is 22.9 Å². The molecule has 16 heteroatoms. The molecule has 7 rings (SSSR count). The number of piperidine rings is 1. The van der Waals surface area contributed by atoms with Gasteiger partial charge in [-0.25, -0.2) is 0 Å². The van der Waals surface area contributed by atoms with Gasteiger partial charge in [-0.2, -0.15) is 15.3 Å². The Balaban J connectivity index is 0.000000162. The average Bonchev–Trinajstić information content (AvgIpc) is 3.45. The van der Waals surface area contributed by atoms with E-state index in [0.717, 1.165) is 11.4 Å². The molecule has 3 aromatic carbocycles. The van der Waals surface area contributed by atoms with Crippen LogP contribution in [0.2, 0.25) is 0 Å². The molecule has 1 saturated carbocycles. The number of cyclic esters (lactones) is 4. The van der Waals surface area contributed by atoms with Crippen LogP contribution in [0.3, 0.4) is 0 Å². The minimum absolute atomic E-state index is 0.0138. The Hall–Kier alpha value is -5.87. The minimum Gasteiger partial charge on any atom is -0.462 e. The number of esters is 5. The van der Waals surface area contributed by atoms with Gasteiger partial charge in [-0.15, -0.1) is 0 Å². The standard InChI is InChI=1S/C17H27N3O3.C12H12N4.C10H8O6/c1-16(2)9-13(10-17(3,4)20(16)22)23-15(21)7-11-5-6-12(18)8-14(11)19;13-9-1-5-11(6-2-9)15-16-12-7-3-10(14)4-8-12;11-6-2-3-4-1-5(7(3)10(14)15-6)9(13)16-8(4)12/h5-6,8,13,22H,7,9-10,18-19H2,1-4H3;1-8H,13-14H2;3-5,7H,1-2H2. The summed E-state index contributed by atoms with van der Waals surface area (Å²) in [5.74, 6) is -5.14. The van der Waals surface area contributed by atoms with Gasteiger partial charge in [0.25, 0.3) is 0 Å². The molecule has 4 fully saturated rings. The SMILES string of the molecule is CC1(C)CC(OC(=O)Cc2ccc(N)cc2N)CC(C)(C)N1O.Nc1ccc(N=Nc2ccc(N)cc2)cc1.O=C1CC2C3CC(C(=O)OC3=O)C2C(=O)O1. The molecule has 4 aliphatic rings. The van der Waals surface area contributed by atoms with Crippen LogP contribution in [0.5, 0.6) is 0 Å². The predicted molar refractivity (Wildman–Crippen MR) is 201 cm³/mol. The lowest BCUT2D eigenvalue weighted by atomic mass is 9.80. The summed E-state index contributed by atoms with van der Waals surface area (Å²) in [4.78, 5) is 57.7. The molecule has 0 spiro atoms. The molecule has 4 atom stereocenters. The van der Waals surface area contributed by atoms with E-state index in [-0.39, 0.29) is 24.9 Å². The summed E-state index contributed by atoms with van der Waals surface area (Å²) in [6.45, 7) is 7.75. The Morgan fingerprint density at radius 1 is 0.764 bits per heavy atom. The van der Waals surface area contributed by atoms with Gasteiger partial charge in [0.05, 0.1) is 42.0 Å². The van der Waals surface area contributed by atoms with E-state index < -0.39 is 58.6 Å². The molecule has 292 valence electrons. The lowest BCUT2D eigenvalue weighted by Crippen LogP contribution is -2.60. The van der Waals surface area contributed by atoms with Crippen molar-refractivity contribution in [2.24, 2.45) is 33.9 Å². The Morgan fingerprint density at radius 2 is 1.27 bits per heavy atom. The van der Waals surface area contributed by atoms with E-state index >= 15 is 0 Å². The number of rotatable bonds is 5. The number of azo groups is 1. The molecule has 9 N–H and O–H groups in total. The van der Waals surface area contributed by atoms with Crippen LogP contribution in [0, 0.1) is 23.7 Å². The monoisotopic (exact) mass is 757 g/mol. The van der Waals surface area contributed by atoms with Gasteiger partial charge in [0, 0.05) is 46.7 Å². The van der Waals surface area contributed by atoms with Crippen molar-refractivity contribution in [1.29, 1.82) is 0 Å². The number of nitrogens with zero attached hydrogens (tertiary/aromatic N) is 3. The third kappa shape index (κ3) is 9.82. The third-order valence-corrected chi connectivity index (χ3v) is 10.1. The van der Waals surface area contributed by atoms with Gasteiger partial charge in [0.15, 0.2) is 0 Å². The highest BCUT2D eigenvalue weighted by molar-refractivity contribution is 5.99. The van der Waals surface area contributed by atoms with Gasteiger partial charge in [-0.05, 0) is 106 Å². The average molecular weight is 758 g/mol. The van der Waals surface area contributed by atoms with Crippen LogP contribution < -0.4 is 22.9 Å². The van der Waals surface area contributed by atoms with Crippen LogP contribution in [0.15, 0.2) is 77.0 Å². The summed E-state index contributed by atoms with van der Waals surface area (Å²) >= 11 is 0. The molecule has 3 saturated heterocycles.